The Kier molecular flexibility index (Phi) is 3.57. The summed E-state index contributed by atoms with van der Waals surface area (Å²) in [5.74, 6) is 1.82. The fourth-order valence-corrected chi connectivity index (χ4v) is 2.57. The Morgan fingerprint density at radius 2 is 2.13 bits per heavy atom. The highest BCUT2D eigenvalue weighted by atomic mass is 79.9. The summed E-state index contributed by atoms with van der Waals surface area (Å²) in [5.41, 5.74) is 0. The Labute approximate surface area is 99.0 Å². The quantitative estimate of drug-likeness (QED) is 0.773. The van der Waals surface area contributed by atoms with Gasteiger partial charge < -0.3 is 4.90 Å². The van der Waals surface area contributed by atoms with Crippen molar-refractivity contribution in [1.29, 1.82) is 0 Å². The largest absolute Gasteiger partial charge is 0.355 e. The molecule has 1 atom stereocenters. The fourth-order valence-electron chi connectivity index (χ4n) is 2.04. The van der Waals surface area contributed by atoms with E-state index >= 15 is 0 Å². The molecular weight excluding hydrogens is 254 g/mol. The van der Waals surface area contributed by atoms with Crippen molar-refractivity contribution in [3.05, 3.63) is 18.6 Å². The zero-order valence-corrected chi connectivity index (χ0v) is 10.5. The van der Waals surface area contributed by atoms with Crippen molar-refractivity contribution in [2.75, 3.05) is 18.0 Å². The third-order valence-corrected chi connectivity index (χ3v) is 3.81. The molecule has 1 saturated heterocycles. The molecule has 3 nitrogen and oxygen atoms in total. The van der Waals surface area contributed by atoms with E-state index in [0.29, 0.717) is 4.83 Å². The van der Waals surface area contributed by atoms with Crippen LogP contribution in [-0.2, 0) is 0 Å². The monoisotopic (exact) mass is 269 g/mol. The van der Waals surface area contributed by atoms with E-state index in [-0.39, 0.29) is 0 Å². The number of aromatic nitrogens is 2. The summed E-state index contributed by atoms with van der Waals surface area (Å²) in [7, 11) is 0. The van der Waals surface area contributed by atoms with Crippen LogP contribution in [0.5, 0.6) is 0 Å². The lowest BCUT2D eigenvalue weighted by molar-refractivity contribution is 0.405. The molecule has 0 N–H and O–H groups in total. The van der Waals surface area contributed by atoms with Gasteiger partial charge in [-0.15, -0.1) is 0 Å². The van der Waals surface area contributed by atoms with Gasteiger partial charge in [0.15, 0.2) is 0 Å². The lowest BCUT2D eigenvalue weighted by Gasteiger charge is -2.33. The van der Waals surface area contributed by atoms with E-state index in [4.69, 9.17) is 0 Å². The molecule has 1 aliphatic rings. The predicted molar refractivity (Wildman–Crippen MR) is 65.4 cm³/mol. The van der Waals surface area contributed by atoms with Crippen LogP contribution in [0.25, 0.3) is 0 Å². The zero-order valence-electron chi connectivity index (χ0n) is 8.93. The average molecular weight is 270 g/mol. The highest BCUT2D eigenvalue weighted by molar-refractivity contribution is 9.09. The minimum atomic E-state index is 0.626. The fraction of sp³-hybridized carbons (Fsp3) is 0.636. The average Bonchev–Trinajstić information content (AvgIpc) is 2.30. The van der Waals surface area contributed by atoms with Gasteiger partial charge in [0.2, 0.25) is 0 Å². The number of anilines is 1. The Bertz CT molecular complexity index is 294. The van der Waals surface area contributed by atoms with Gasteiger partial charge in [0.05, 0.1) is 6.20 Å². The lowest BCUT2D eigenvalue weighted by Crippen LogP contribution is -2.36. The van der Waals surface area contributed by atoms with Crippen LogP contribution in [0.1, 0.15) is 19.8 Å². The molecule has 0 bridgehead atoms. The maximum absolute atomic E-state index is 4.32. The molecule has 82 valence electrons. The molecule has 0 amide bonds. The molecule has 0 aliphatic carbocycles. The van der Waals surface area contributed by atoms with E-state index < -0.39 is 0 Å². The van der Waals surface area contributed by atoms with E-state index in [1.165, 1.54) is 12.8 Å². The third-order valence-electron chi connectivity index (χ3n) is 3.06. The van der Waals surface area contributed by atoms with Crippen LogP contribution in [0, 0.1) is 5.92 Å². The van der Waals surface area contributed by atoms with E-state index in [1.807, 2.05) is 6.20 Å². The maximum Gasteiger partial charge on any atom is 0.147 e. The molecule has 1 unspecified atom stereocenters. The van der Waals surface area contributed by atoms with Crippen LogP contribution in [0.4, 0.5) is 5.82 Å². The van der Waals surface area contributed by atoms with Crippen molar-refractivity contribution < 1.29 is 0 Å². The lowest BCUT2D eigenvalue weighted by atomic mass is 9.94. The molecule has 4 heteroatoms. The molecule has 2 rings (SSSR count). The van der Waals surface area contributed by atoms with E-state index in [0.717, 1.165) is 24.8 Å². The standard InChI is InChI=1S/C11H16BrN3/c1-9(12)10-2-6-15(7-3-10)11-8-13-4-5-14-11/h4-5,8-10H,2-3,6-7H2,1H3. The zero-order chi connectivity index (χ0) is 10.7. The number of hydrogen-bond donors (Lipinski definition) is 0. The van der Waals surface area contributed by atoms with Crippen molar-refractivity contribution in [3.8, 4) is 0 Å². The molecule has 0 aromatic carbocycles. The van der Waals surface area contributed by atoms with Gasteiger partial charge in [-0.05, 0) is 18.8 Å². The summed E-state index contributed by atoms with van der Waals surface area (Å²) in [6, 6.07) is 0. The van der Waals surface area contributed by atoms with Crippen LogP contribution < -0.4 is 4.90 Å². The van der Waals surface area contributed by atoms with E-state index in [1.54, 1.807) is 12.4 Å². The number of nitrogens with zero attached hydrogens (tertiary/aromatic N) is 3. The molecule has 1 fully saturated rings. The highest BCUT2D eigenvalue weighted by Crippen LogP contribution is 2.26. The summed E-state index contributed by atoms with van der Waals surface area (Å²) in [6.07, 6.45) is 7.80. The van der Waals surface area contributed by atoms with Crippen molar-refractivity contribution in [1.82, 2.24) is 9.97 Å². The van der Waals surface area contributed by atoms with Crippen molar-refractivity contribution in [2.45, 2.75) is 24.6 Å². The predicted octanol–water partition coefficient (Wildman–Crippen LogP) is 2.48. The summed E-state index contributed by atoms with van der Waals surface area (Å²) in [6.45, 7) is 4.43. The molecule has 1 aliphatic heterocycles. The first-order chi connectivity index (χ1) is 7.27. The molecule has 15 heavy (non-hydrogen) atoms. The Morgan fingerprint density at radius 1 is 1.40 bits per heavy atom. The number of hydrogen-bond acceptors (Lipinski definition) is 3. The first kappa shape index (κ1) is 10.9. The molecule has 1 aromatic heterocycles. The number of piperidine rings is 1. The van der Waals surface area contributed by atoms with E-state index in [2.05, 4.69) is 37.7 Å². The minimum absolute atomic E-state index is 0.626. The molecular formula is C11H16BrN3. The minimum Gasteiger partial charge on any atom is -0.355 e. The molecule has 0 radical (unpaired) electrons. The normalized spacial score (nSPS) is 20.3. The smallest absolute Gasteiger partial charge is 0.147 e. The van der Waals surface area contributed by atoms with Crippen molar-refractivity contribution >= 4 is 21.7 Å². The van der Waals surface area contributed by atoms with Gasteiger partial charge in [-0.1, -0.05) is 22.9 Å². The number of alkyl halides is 1. The third kappa shape index (κ3) is 2.68. The van der Waals surface area contributed by atoms with Gasteiger partial charge in [-0.25, -0.2) is 4.98 Å². The second kappa shape index (κ2) is 4.92. The first-order valence-electron chi connectivity index (χ1n) is 5.42. The maximum atomic E-state index is 4.32. The number of rotatable bonds is 2. The Morgan fingerprint density at radius 3 is 2.67 bits per heavy atom. The SMILES string of the molecule is CC(Br)C1CCN(c2cnccn2)CC1. The van der Waals surface area contributed by atoms with Crippen LogP contribution >= 0.6 is 15.9 Å². The summed E-state index contributed by atoms with van der Waals surface area (Å²) >= 11 is 3.67. The van der Waals surface area contributed by atoms with Gasteiger partial charge >= 0.3 is 0 Å². The molecule has 0 spiro atoms. The Hall–Kier alpha value is -0.640. The summed E-state index contributed by atoms with van der Waals surface area (Å²) < 4.78 is 0. The van der Waals surface area contributed by atoms with Crippen LogP contribution in [0.3, 0.4) is 0 Å². The molecule has 2 heterocycles. The summed E-state index contributed by atoms with van der Waals surface area (Å²) in [5, 5.41) is 0. The topological polar surface area (TPSA) is 29.0 Å². The molecule has 0 saturated carbocycles. The van der Waals surface area contributed by atoms with E-state index in [9.17, 15) is 0 Å². The van der Waals surface area contributed by atoms with Crippen LogP contribution in [0.2, 0.25) is 0 Å². The second-order valence-corrected chi connectivity index (χ2v) is 5.51. The second-order valence-electron chi connectivity index (χ2n) is 4.07. The molecule has 1 aromatic rings. The van der Waals surface area contributed by atoms with Gasteiger partial charge in [0.25, 0.3) is 0 Å². The van der Waals surface area contributed by atoms with Crippen LogP contribution in [-0.4, -0.2) is 27.9 Å². The Balaban J connectivity index is 1.94. The van der Waals surface area contributed by atoms with Gasteiger partial charge in [0, 0.05) is 30.3 Å². The van der Waals surface area contributed by atoms with Gasteiger partial charge in [0.1, 0.15) is 5.82 Å². The highest BCUT2D eigenvalue weighted by Gasteiger charge is 2.22. The van der Waals surface area contributed by atoms with Gasteiger partial charge in [-0.3, -0.25) is 4.98 Å². The number of halogens is 1. The van der Waals surface area contributed by atoms with Crippen LogP contribution in [0.15, 0.2) is 18.6 Å². The van der Waals surface area contributed by atoms with Crippen molar-refractivity contribution in [3.63, 3.8) is 0 Å². The first-order valence-corrected chi connectivity index (χ1v) is 6.34. The summed E-state index contributed by atoms with van der Waals surface area (Å²) in [4.78, 5) is 11.4. The van der Waals surface area contributed by atoms with Crippen molar-refractivity contribution in [2.24, 2.45) is 5.92 Å². The van der Waals surface area contributed by atoms with Gasteiger partial charge in [-0.2, -0.15) is 0 Å².